The number of halogens is 2. The Morgan fingerprint density at radius 1 is 1.32 bits per heavy atom. The van der Waals surface area contributed by atoms with Crippen LogP contribution in [0.4, 0.5) is 10.1 Å². The largest absolute Gasteiger partial charge is 0.323 e. The van der Waals surface area contributed by atoms with Gasteiger partial charge in [-0.25, -0.2) is 4.39 Å². The summed E-state index contributed by atoms with van der Waals surface area (Å²) in [6.07, 6.45) is 5.23. The van der Waals surface area contributed by atoms with Gasteiger partial charge in [-0.2, -0.15) is 10.2 Å². The number of rotatable bonds is 6. The molecule has 0 spiro atoms. The molecule has 3 aromatic rings. The van der Waals surface area contributed by atoms with Gasteiger partial charge in [-0.15, -0.1) is 0 Å². The van der Waals surface area contributed by atoms with Crippen LogP contribution < -0.4 is 5.32 Å². The maximum Gasteiger partial charge on any atom is 0.226 e. The Hall–Kier alpha value is -2.67. The van der Waals surface area contributed by atoms with Crippen molar-refractivity contribution in [2.45, 2.75) is 26.4 Å². The summed E-state index contributed by atoms with van der Waals surface area (Å²) in [6.45, 7) is 2.68. The van der Waals surface area contributed by atoms with Gasteiger partial charge < -0.3 is 5.32 Å². The fraction of sp³-hybridized carbons (Fsp3) is 0.235. The lowest BCUT2D eigenvalue weighted by molar-refractivity contribution is -0.116. The van der Waals surface area contributed by atoms with E-state index < -0.39 is 0 Å². The van der Waals surface area contributed by atoms with Crippen LogP contribution in [0.2, 0.25) is 5.02 Å². The first-order chi connectivity index (χ1) is 12.0. The van der Waals surface area contributed by atoms with E-state index in [0.29, 0.717) is 23.8 Å². The molecular weight excluding hydrogens is 345 g/mol. The number of nitrogens with zero attached hydrogens (tertiary/aromatic N) is 4. The number of amides is 1. The van der Waals surface area contributed by atoms with Crippen molar-refractivity contribution in [3.8, 4) is 0 Å². The summed E-state index contributed by atoms with van der Waals surface area (Å²) in [7, 11) is 0. The van der Waals surface area contributed by atoms with Gasteiger partial charge >= 0.3 is 0 Å². The Bertz CT molecular complexity index is 869. The Balaban J connectivity index is 1.53. The zero-order chi connectivity index (χ0) is 17.8. The monoisotopic (exact) mass is 361 g/mol. The van der Waals surface area contributed by atoms with Gasteiger partial charge in [0, 0.05) is 25.4 Å². The summed E-state index contributed by atoms with van der Waals surface area (Å²) in [4.78, 5) is 12.0. The van der Waals surface area contributed by atoms with E-state index in [1.165, 1.54) is 12.1 Å². The maximum absolute atomic E-state index is 13.2. The molecule has 0 bridgehead atoms. The highest BCUT2D eigenvalue weighted by molar-refractivity contribution is 6.31. The molecule has 0 saturated heterocycles. The fourth-order valence-corrected chi connectivity index (χ4v) is 2.54. The van der Waals surface area contributed by atoms with Crippen LogP contribution in [0.15, 0.2) is 42.9 Å². The van der Waals surface area contributed by atoms with Crippen LogP contribution in [0.1, 0.15) is 17.7 Å². The molecule has 2 heterocycles. The van der Waals surface area contributed by atoms with Crippen molar-refractivity contribution in [2.24, 2.45) is 0 Å². The quantitative estimate of drug-likeness (QED) is 0.733. The second-order valence-electron chi connectivity index (χ2n) is 5.68. The number of aryl methyl sites for hydroxylation is 2. The van der Waals surface area contributed by atoms with Gasteiger partial charge in [-0.05, 0) is 24.6 Å². The van der Waals surface area contributed by atoms with Gasteiger partial charge in [-0.3, -0.25) is 14.2 Å². The van der Waals surface area contributed by atoms with Crippen LogP contribution in [-0.2, 0) is 17.9 Å². The first-order valence-electron chi connectivity index (χ1n) is 7.76. The summed E-state index contributed by atoms with van der Waals surface area (Å²) in [5.74, 6) is -0.429. The molecule has 1 N–H and O–H groups in total. The number of aromatic nitrogens is 4. The molecule has 0 aliphatic rings. The van der Waals surface area contributed by atoms with Crippen molar-refractivity contribution < 1.29 is 9.18 Å². The first-order valence-corrected chi connectivity index (χ1v) is 8.14. The predicted octanol–water partition coefficient (Wildman–Crippen LogP) is 3.26. The molecule has 0 atom stereocenters. The van der Waals surface area contributed by atoms with Crippen LogP contribution in [0.5, 0.6) is 0 Å². The van der Waals surface area contributed by atoms with Crippen molar-refractivity contribution >= 4 is 23.2 Å². The summed E-state index contributed by atoms with van der Waals surface area (Å²) in [5.41, 5.74) is 2.13. The van der Waals surface area contributed by atoms with Gasteiger partial charge in [0.15, 0.2) is 0 Å². The molecule has 0 unspecified atom stereocenters. The minimum absolute atomic E-state index is 0.144. The highest BCUT2D eigenvalue weighted by Crippen LogP contribution is 2.13. The third kappa shape index (κ3) is 4.67. The van der Waals surface area contributed by atoms with E-state index in [9.17, 15) is 9.18 Å². The molecule has 1 aromatic carbocycles. The normalized spacial score (nSPS) is 10.8. The van der Waals surface area contributed by atoms with Crippen LogP contribution in [0.3, 0.4) is 0 Å². The molecule has 0 fully saturated rings. The van der Waals surface area contributed by atoms with E-state index in [1.54, 1.807) is 34.0 Å². The van der Waals surface area contributed by atoms with Gasteiger partial charge in [0.05, 0.1) is 29.1 Å². The van der Waals surface area contributed by atoms with E-state index >= 15 is 0 Å². The molecule has 0 radical (unpaired) electrons. The Morgan fingerprint density at radius 2 is 2.16 bits per heavy atom. The zero-order valence-electron chi connectivity index (χ0n) is 13.6. The minimum atomic E-state index is -0.285. The molecule has 6 nitrogen and oxygen atoms in total. The molecule has 2 aromatic heterocycles. The Kier molecular flexibility index (Phi) is 5.14. The molecular formula is C17H17ClFN5O. The lowest BCUT2D eigenvalue weighted by Gasteiger charge is -2.03. The molecule has 1 amide bonds. The first kappa shape index (κ1) is 17.2. The highest BCUT2D eigenvalue weighted by Gasteiger charge is 2.07. The number of nitrogens with one attached hydrogen (secondary N) is 1. The number of benzene rings is 1. The molecule has 3 rings (SSSR count). The maximum atomic E-state index is 13.2. The average Bonchev–Trinajstić information content (AvgIpc) is 3.12. The second kappa shape index (κ2) is 7.48. The Labute approximate surface area is 149 Å². The number of anilines is 1. The van der Waals surface area contributed by atoms with Crippen molar-refractivity contribution in [1.29, 1.82) is 0 Å². The second-order valence-corrected chi connectivity index (χ2v) is 6.09. The number of hydrogen-bond acceptors (Lipinski definition) is 3. The van der Waals surface area contributed by atoms with E-state index in [1.807, 2.05) is 13.0 Å². The third-order valence-corrected chi connectivity index (χ3v) is 3.98. The molecule has 25 heavy (non-hydrogen) atoms. The summed E-state index contributed by atoms with van der Waals surface area (Å²) >= 11 is 5.94. The lowest BCUT2D eigenvalue weighted by atomic mass is 10.2. The summed E-state index contributed by atoms with van der Waals surface area (Å²) in [5, 5.41) is 11.7. The molecule has 0 aliphatic heterocycles. The fourth-order valence-electron chi connectivity index (χ4n) is 2.38. The molecule has 0 aliphatic carbocycles. The predicted molar refractivity (Wildman–Crippen MR) is 92.9 cm³/mol. The van der Waals surface area contributed by atoms with E-state index in [-0.39, 0.29) is 18.1 Å². The molecule has 0 saturated carbocycles. The average molecular weight is 362 g/mol. The third-order valence-electron chi connectivity index (χ3n) is 3.61. The Morgan fingerprint density at radius 3 is 2.88 bits per heavy atom. The highest BCUT2D eigenvalue weighted by atomic mass is 35.5. The van der Waals surface area contributed by atoms with Crippen LogP contribution in [0.25, 0.3) is 0 Å². The molecule has 130 valence electrons. The van der Waals surface area contributed by atoms with Crippen molar-refractivity contribution in [1.82, 2.24) is 19.6 Å². The van der Waals surface area contributed by atoms with E-state index in [0.717, 1.165) is 11.3 Å². The topological polar surface area (TPSA) is 64.7 Å². The number of hydrogen-bond donors (Lipinski definition) is 1. The van der Waals surface area contributed by atoms with Gasteiger partial charge in [0.2, 0.25) is 5.91 Å². The number of carbonyl (C=O) groups excluding carboxylic acids is 1. The minimum Gasteiger partial charge on any atom is -0.323 e. The SMILES string of the molecule is Cc1nn(CCC(=O)Nc2cnn(Cc3cccc(F)c3)c2)cc1Cl. The lowest BCUT2D eigenvalue weighted by Crippen LogP contribution is -2.14. The van der Waals surface area contributed by atoms with Crippen molar-refractivity contribution in [3.63, 3.8) is 0 Å². The van der Waals surface area contributed by atoms with E-state index in [2.05, 4.69) is 15.5 Å². The smallest absolute Gasteiger partial charge is 0.226 e. The van der Waals surface area contributed by atoms with Crippen LogP contribution >= 0.6 is 11.6 Å². The standard InChI is InChI=1S/C17H17ClFN5O/c1-12-16(18)11-23(22-12)6-5-17(25)21-15-8-20-24(10-15)9-13-3-2-4-14(19)7-13/h2-4,7-8,10-11H,5-6,9H2,1H3,(H,21,25). The van der Waals surface area contributed by atoms with Gasteiger partial charge in [0.25, 0.3) is 0 Å². The van der Waals surface area contributed by atoms with Gasteiger partial charge in [0.1, 0.15) is 5.82 Å². The summed E-state index contributed by atoms with van der Waals surface area (Å²) in [6, 6.07) is 6.32. The van der Waals surface area contributed by atoms with E-state index in [4.69, 9.17) is 11.6 Å². The van der Waals surface area contributed by atoms with Crippen molar-refractivity contribution in [3.05, 3.63) is 65.0 Å². The van der Waals surface area contributed by atoms with Crippen LogP contribution in [0, 0.1) is 12.7 Å². The molecule has 8 heteroatoms. The van der Waals surface area contributed by atoms with Crippen LogP contribution in [-0.4, -0.2) is 25.5 Å². The summed E-state index contributed by atoms with van der Waals surface area (Å²) < 4.78 is 16.5. The number of carbonyl (C=O) groups is 1. The van der Waals surface area contributed by atoms with Gasteiger partial charge in [-0.1, -0.05) is 23.7 Å². The zero-order valence-corrected chi connectivity index (χ0v) is 14.4. The van der Waals surface area contributed by atoms with Crippen molar-refractivity contribution in [2.75, 3.05) is 5.32 Å².